The van der Waals surface area contributed by atoms with E-state index in [2.05, 4.69) is 212 Å². The molecule has 0 fully saturated rings. The van der Waals surface area contributed by atoms with Crippen molar-refractivity contribution < 1.29 is 4.42 Å². The van der Waals surface area contributed by atoms with Crippen molar-refractivity contribution in [2.75, 3.05) is 4.90 Å². The van der Waals surface area contributed by atoms with E-state index in [0.717, 1.165) is 61.6 Å². The Labute approximate surface area is 365 Å². The number of halogens is 1. The zero-order chi connectivity index (χ0) is 41.4. The van der Waals surface area contributed by atoms with Gasteiger partial charge in [-0.25, -0.2) is 0 Å². The number of nitrogens with zero attached hydrogens (tertiary/aromatic N) is 1. The van der Waals surface area contributed by atoms with Crippen molar-refractivity contribution in [3.8, 4) is 22.3 Å². The van der Waals surface area contributed by atoms with Crippen LogP contribution in [0.5, 0.6) is 0 Å². The van der Waals surface area contributed by atoms with Gasteiger partial charge in [0.2, 0.25) is 0 Å². The fourth-order valence-electron chi connectivity index (χ4n) is 10.2. The van der Waals surface area contributed by atoms with Gasteiger partial charge in [0.05, 0.1) is 11.4 Å². The van der Waals surface area contributed by atoms with Crippen LogP contribution in [0.3, 0.4) is 0 Å². The molecule has 0 unspecified atom stereocenters. The van der Waals surface area contributed by atoms with Crippen LogP contribution in [-0.2, 0) is 11.8 Å². The summed E-state index contributed by atoms with van der Waals surface area (Å²) in [4.78, 5) is 2.51. The second-order valence-electron chi connectivity index (χ2n) is 16.7. The lowest BCUT2D eigenvalue weighted by atomic mass is 9.69. The lowest BCUT2D eigenvalue weighted by molar-refractivity contribution is 0.668. The first-order valence-corrected chi connectivity index (χ1v) is 21.7. The average Bonchev–Trinajstić information content (AvgIpc) is 3.91. The molecule has 0 saturated carbocycles. The molecule has 12 rings (SSSR count). The van der Waals surface area contributed by atoms with Gasteiger partial charge in [-0.15, -0.1) is 0 Å². The van der Waals surface area contributed by atoms with E-state index >= 15 is 0 Å². The highest BCUT2D eigenvalue weighted by atomic mass is 35.5. The number of hydrogen-bond acceptors (Lipinski definition) is 2. The van der Waals surface area contributed by atoms with Crippen LogP contribution in [0, 0.1) is 0 Å². The van der Waals surface area contributed by atoms with E-state index in [9.17, 15) is 0 Å². The summed E-state index contributed by atoms with van der Waals surface area (Å²) >= 11 is 6.46. The highest BCUT2D eigenvalue weighted by molar-refractivity contribution is 6.30. The molecule has 1 aliphatic carbocycles. The van der Waals surface area contributed by atoms with Gasteiger partial charge in [-0.3, -0.25) is 0 Å². The Morgan fingerprint density at radius 2 is 1.16 bits per heavy atom. The van der Waals surface area contributed by atoms with Crippen molar-refractivity contribution in [2.24, 2.45) is 0 Å². The maximum absolute atomic E-state index is 7.23. The third-order valence-corrected chi connectivity index (χ3v) is 13.5. The van der Waals surface area contributed by atoms with E-state index < -0.39 is 5.41 Å². The summed E-state index contributed by atoms with van der Waals surface area (Å²) in [5, 5.41) is 7.48. The van der Waals surface area contributed by atoms with Crippen molar-refractivity contribution in [1.29, 1.82) is 0 Å². The largest absolute Gasteiger partial charge is 0.455 e. The third kappa shape index (κ3) is 5.71. The zero-order valence-corrected chi connectivity index (χ0v) is 34.9. The maximum atomic E-state index is 7.23. The number of anilines is 3. The predicted molar refractivity (Wildman–Crippen MR) is 261 cm³/mol. The van der Waals surface area contributed by atoms with Crippen LogP contribution >= 0.6 is 11.6 Å². The summed E-state index contributed by atoms with van der Waals surface area (Å²) in [7, 11) is 0. The van der Waals surface area contributed by atoms with E-state index in [1.54, 1.807) is 0 Å². The van der Waals surface area contributed by atoms with Gasteiger partial charge in [0.15, 0.2) is 0 Å². The summed E-state index contributed by atoms with van der Waals surface area (Å²) in [5.41, 5.74) is 15.6. The smallest absolute Gasteiger partial charge is 0.143 e. The first-order chi connectivity index (χ1) is 30.5. The molecule has 1 heterocycles. The van der Waals surface area contributed by atoms with E-state index in [0.29, 0.717) is 5.02 Å². The van der Waals surface area contributed by atoms with Crippen LogP contribution in [-0.4, -0.2) is 0 Å². The molecule has 0 aliphatic heterocycles. The van der Waals surface area contributed by atoms with Crippen molar-refractivity contribution in [3.05, 3.63) is 245 Å². The molecular weight excluding hydrogens is 774 g/mol. The summed E-state index contributed by atoms with van der Waals surface area (Å²) in [5.74, 6) is 0. The normalized spacial score (nSPS) is 12.3. The molecule has 0 saturated heterocycles. The Balaban J connectivity index is 1.21. The maximum Gasteiger partial charge on any atom is 0.143 e. The second-order valence-corrected chi connectivity index (χ2v) is 17.1. The Morgan fingerprint density at radius 1 is 0.500 bits per heavy atom. The Hall–Kier alpha value is -7.39. The number of benzene rings is 10. The van der Waals surface area contributed by atoms with Gasteiger partial charge in [-0.2, -0.15) is 0 Å². The van der Waals surface area contributed by atoms with Crippen molar-refractivity contribution in [3.63, 3.8) is 0 Å². The minimum atomic E-state index is -0.560. The fraction of sp³-hybridized carbons (Fsp3) is 0.0508. The molecule has 0 radical (unpaired) electrons. The minimum Gasteiger partial charge on any atom is -0.455 e. The first-order valence-electron chi connectivity index (χ1n) is 21.3. The van der Waals surface area contributed by atoms with Gasteiger partial charge in [0.1, 0.15) is 11.2 Å². The van der Waals surface area contributed by atoms with Gasteiger partial charge in [0, 0.05) is 44.1 Å². The van der Waals surface area contributed by atoms with E-state index in [4.69, 9.17) is 16.0 Å². The Bertz CT molecular complexity index is 3480. The number of hydrogen-bond donors (Lipinski definition) is 0. The van der Waals surface area contributed by atoms with Crippen LogP contribution in [0.4, 0.5) is 17.1 Å². The first kappa shape index (κ1) is 36.5. The molecule has 0 N–H and O–H groups in total. The molecule has 0 bridgehead atoms. The second kappa shape index (κ2) is 14.4. The zero-order valence-electron chi connectivity index (χ0n) is 34.1. The Morgan fingerprint density at radius 3 is 1.94 bits per heavy atom. The quantitative estimate of drug-likeness (QED) is 0.149. The van der Waals surface area contributed by atoms with Gasteiger partial charge < -0.3 is 9.32 Å². The summed E-state index contributed by atoms with van der Waals surface area (Å²) in [6, 6.07) is 76.9. The molecule has 1 aliphatic rings. The highest BCUT2D eigenvalue weighted by Gasteiger charge is 2.35. The van der Waals surface area contributed by atoms with Gasteiger partial charge >= 0.3 is 0 Å². The molecule has 1 aromatic heterocycles. The van der Waals surface area contributed by atoms with Crippen LogP contribution in [0.25, 0.3) is 65.7 Å². The summed E-state index contributed by atoms with van der Waals surface area (Å²) < 4.78 is 7.23. The van der Waals surface area contributed by atoms with E-state index in [1.807, 2.05) is 12.1 Å². The highest BCUT2D eigenvalue weighted by Crippen LogP contribution is 2.52. The minimum absolute atomic E-state index is 0.560. The van der Waals surface area contributed by atoms with Crippen LogP contribution in [0.15, 0.2) is 217 Å². The third-order valence-electron chi connectivity index (χ3n) is 13.3. The van der Waals surface area contributed by atoms with Gasteiger partial charge in [0.25, 0.3) is 0 Å². The molecule has 0 atom stereocenters. The van der Waals surface area contributed by atoms with E-state index in [-0.39, 0.29) is 0 Å². The molecular formula is C59H40ClNO. The molecule has 0 amide bonds. The summed E-state index contributed by atoms with van der Waals surface area (Å²) in [6.07, 6.45) is 0.866. The molecule has 0 spiro atoms. The number of furan rings is 1. The molecule has 62 heavy (non-hydrogen) atoms. The van der Waals surface area contributed by atoms with Gasteiger partial charge in [-0.1, -0.05) is 175 Å². The number of fused-ring (bicyclic) bond motifs is 9. The monoisotopic (exact) mass is 813 g/mol. The van der Waals surface area contributed by atoms with E-state index in [1.165, 1.54) is 55.4 Å². The Kier molecular flexibility index (Phi) is 8.45. The molecule has 2 nitrogen and oxygen atoms in total. The summed E-state index contributed by atoms with van der Waals surface area (Å²) in [6.45, 7) is 2.37. The average molecular weight is 814 g/mol. The lowest BCUT2D eigenvalue weighted by Crippen LogP contribution is -2.25. The van der Waals surface area contributed by atoms with Crippen molar-refractivity contribution >= 4 is 72.1 Å². The van der Waals surface area contributed by atoms with Crippen molar-refractivity contribution in [2.45, 2.75) is 18.8 Å². The predicted octanol–water partition coefficient (Wildman–Crippen LogP) is 16.6. The molecule has 294 valence electrons. The topological polar surface area (TPSA) is 16.4 Å². The molecule has 11 aromatic rings. The molecule has 3 heteroatoms. The molecule has 10 aromatic carbocycles. The van der Waals surface area contributed by atoms with Crippen LogP contribution < -0.4 is 4.90 Å². The fourth-order valence-corrected chi connectivity index (χ4v) is 10.3. The van der Waals surface area contributed by atoms with Gasteiger partial charge in [-0.05, 0) is 116 Å². The standard InChI is InChI=1S/C59H40ClNO/c1-59(43-18-4-2-5-19-43,44-20-6-3-7-21-44)53-35-42(39-27-30-45(60)31-28-39)36-56-57(53)52-37-55(49-23-12-13-24-50(49)58(52)62-56)61(46-32-29-38-15-8-9-16-40(38)33-46)54-26-14-25-48-47-22-11-10-17-41(47)34-51(48)54/h2-33,35-37H,34H2,1H3. The van der Waals surface area contributed by atoms with Crippen LogP contribution in [0.1, 0.15) is 34.7 Å². The van der Waals surface area contributed by atoms with Crippen molar-refractivity contribution in [1.82, 2.24) is 0 Å². The van der Waals surface area contributed by atoms with Crippen LogP contribution in [0.2, 0.25) is 5.02 Å². The lowest BCUT2D eigenvalue weighted by Gasteiger charge is -2.33. The SMILES string of the molecule is CC(c1ccccc1)(c1ccccc1)c1cc(-c2ccc(Cl)cc2)cc2oc3c4ccccc4c(N(c4ccc5ccccc5c4)c4cccc5c4Cc4ccccc4-5)cc3c12. The number of rotatable bonds is 7.